The number of hydrogen-bond acceptors (Lipinski definition) is 3. The maximum atomic E-state index is 12.4. The SMILES string of the molecule is CN(C)c1nn(C(=O)Nc2ccccc2)cc1-c1ccccc1. The summed E-state index contributed by atoms with van der Waals surface area (Å²) in [7, 11) is 3.82. The standard InChI is InChI=1S/C18H18N4O/c1-21(2)17-16(14-9-5-3-6-10-14)13-22(20-17)18(23)19-15-11-7-4-8-12-15/h3-13H,1-2H3,(H,19,23). The van der Waals surface area contributed by atoms with Gasteiger partial charge in [0.25, 0.3) is 0 Å². The van der Waals surface area contributed by atoms with Crippen molar-refractivity contribution in [3.05, 3.63) is 66.9 Å². The summed E-state index contributed by atoms with van der Waals surface area (Å²) in [5.41, 5.74) is 2.68. The van der Waals surface area contributed by atoms with Crippen molar-refractivity contribution in [3.63, 3.8) is 0 Å². The summed E-state index contributed by atoms with van der Waals surface area (Å²) in [5, 5.41) is 7.24. The second-order valence-corrected chi connectivity index (χ2v) is 5.37. The van der Waals surface area contributed by atoms with Crippen LogP contribution in [0.5, 0.6) is 0 Å². The molecule has 5 heteroatoms. The zero-order valence-corrected chi connectivity index (χ0v) is 13.1. The molecule has 0 saturated carbocycles. The first kappa shape index (κ1) is 14.8. The molecule has 3 aromatic rings. The van der Waals surface area contributed by atoms with Crippen LogP contribution in [-0.2, 0) is 0 Å². The van der Waals surface area contributed by atoms with Gasteiger partial charge in [-0.2, -0.15) is 4.68 Å². The van der Waals surface area contributed by atoms with Crippen LogP contribution < -0.4 is 10.2 Å². The number of nitrogens with zero attached hydrogens (tertiary/aromatic N) is 3. The van der Waals surface area contributed by atoms with Crippen molar-refractivity contribution >= 4 is 17.5 Å². The van der Waals surface area contributed by atoms with Gasteiger partial charge in [-0.05, 0) is 17.7 Å². The van der Waals surface area contributed by atoms with E-state index in [2.05, 4.69) is 10.4 Å². The first-order valence-electron chi connectivity index (χ1n) is 7.34. The number of rotatable bonds is 3. The fraction of sp³-hybridized carbons (Fsp3) is 0.111. The number of benzene rings is 2. The number of hydrogen-bond donors (Lipinski definition) is 1. The molecule has 0 aliphatic heterocycles. The minimum atomic E-state index is -0.290. The average molecular weight is 306 g/mol. The Labute approximate surface area is 135 Å². The van der Waals surface area contributed by atoms with Crippen molar-refractivity contribution in [3.8, 4) is 11.1 Å². The van der Waals surface area contributed by atoms with Gasteiger partial charge in [-0.1, -0.05) is 48.5 Å². The van der Waals surface area contributed by atoms with Crippen LogP contribution in [0, 0.1) is 0 Å². The van der Waals surface area contributed by atoms with Crippen LogP contribution in [0.1, 0.15) is 0 Å². The molecule has 1 amide bonds. The van der Waals surface area contributed by atoms with Crippen LogP contribution in [0.3, 0.4) is 0 Å². The van der Waals surface area contributed by atoms with Crippen LogP contribution in [0.25, 0.3) is 11.1 Å². The first-order valence-corrected chi connectivity index (χ1v) is 7.34. The second-order valence-electron chi connectivity index (χ2n) is 5.37. The largest absolute Gasteiger partial charge is 0.361 e. The number of amides is 1. The lowest BCUT2D eigenvalue weighted by Gasteiger charge is -2.10. The Morgan fingerprint density at radius 3 is 2.22 bits per heavy atom. The summed E-state index contributed by atoms with van der Waals surface area (Å²) in [6.45, 7) is 0. The minimum absolute atomic E-state index is 0.290. The van der Waals surface area contributed by atoms with Gasteiger partial charge in [0.05, 0.1) is 0 Å². The fourth-order valence-corrected chi connectivity index (χ4v) is 2.32. The topological polar surface area (TPSA) is 50.2 Å². The maximum absolute atomic E-state index is 12.4. The van der Waals surface area contributed by atoms with E-state index in [0.717, 1.165) is 22.6 Å². The molecule has 1 N–H and O–H groups in total. The van der Waals surface area contributed by atoms with Gasteiger partial charge in [-0.25, -0.2) is 4.79 Å². The van der Waals surface area contributed by atoms with Gasteiger partial charge in [0.1, 0.15) is 0 Å². The molecule has 23 heavy (non-hydrogen) atoms. The van der Waals surface area contributed by atoms with Crippen LogP contribution in [0.15, 0.2) is 66.9 Å². The van der Waals surface area contributed by atoms with Gasteiger partial charge < -0.3 is 10.2 Å². The predicted octanol–water partition coefficient (Wildman–Crippen LogP) is 3.70. The van der Waals surface area contributed by atoms with Crippen LogP contribution >= 0.6 is 0 Å². The summed E-state index contributed by atoms with van der Waals surface area (Å²) in [4.78, 5) is 14.3. The lowest BCUT2D eigenvalue weighted by Crippen LogP contribution is -2.20. The Morgan fingerprint density at radius 1 is 1.00 bits per heavy atom. The summed E-state index contributed by atoms with van der Waals surface area (Å²) in [5.74, 6) is 0.749. The highest BCUT2D eigenvalue weighted by molar-refractivity contribution is 5.92. The smallest absolute Gasteiger partial charge is 0.346 e. The van der Waals surface area contributed by atoms with E-state index in [9.17, 15) is 4.79 Å². The van der Waals surface area contributed by atoms with Crippen LogP contribution in [0.2, 0.25) is 0 Å². The van der Waals surface area contributed by atoms with Gasteiger partial charge in [0.2, 0.25) is 0 Å². The molecule has 0 radical (unpaired) electrons. The van der Waals surface area contributed by atoms with E-state index in [1.807, 2.05) is 79.7 Å². The van der Waals surface area contributed by atoms with Crippen molar-refractivity contribution in [2.75, 3.05) is 24.3 Å². The zero-order chi connectivity index (χ0) is 16.2. The highest BCUT2D eigenvalue weighted by Gasteiger charge is 2.16. The van der Waals surface area contributed by atoms with E-state index in [0.29, 0.717) is 0 Å². The van der Waals surface area contributed by atoms with E-state index < -0.39 is 0 Å². The summed E-state index contributed by atoms with van der Waals surface area (Å²) in [6, 6.07) is 18.9. The average Bonchev–Trinajstić information content (AvgIpc) is 3.02. The lowest BCUT2D eigenvalue weighted by molar-refractivity contribution is 0.251. The number of carbonyl (C=O) groups excluding carboxylic acids is 1. The van der Waals surface area contributed by atoms with Gasteiger partial charge in [0, 0.05) is 31.5 Å². The predicted molar refractivity (Wildman–Crippen MR) is 92.8 cm³/mol. The van der Waals surface area contributed by atoms with Gasteiger partial charge in [-0.15, -0.1) is 5.10 Å². The number of anilines is 2. The van der Waals surface area contributed by atoms with E-state index in [4.69, 9.17) is 0 Å². The second kappa shape index (κ2) is 6.36. The third-order valence-electron chi connectivity index (χ3n) is 3.44. The molecule has 0 unspecified atom stereocenters. The molecule has 0 fully saturated rings. The number of para-hydroxylation sites is 1. The number of carbonyl (C=O) groups is 1. The molecule has 2 aromatic carbocycles. The first-order chi connectivity index (χ1) is 11.1. The maximum Gasteiger partial charge on any atom is 0.346 e. The Morgan fingerprint density at radius 2 is 1.61 bits per heavy atom. The third-order valence-corrected chi connectivity index (χ3v) is 3.44. The highest BCUT2D eigenvalue weighted by Crippen LogP contribution is 2.28. The minimum Gasteiger partial charge on any atom is -0.361 e. The van der Waals surface area contributed by atoms with Crippen LogP contribution in [-0.4, -0.2) is 29.9 Å². The van der Waals surface area contributed by atoms with E-state index in [1.165, 1.54) is 4.68 Å². The Bertz CT molecular complexity index is 794. The normalized spacial score (nSPS) is 10.3. The molecule has 1 aromatic heterocycles. The monoisotopic (exact) mass is 306 g/mol. The number of aromatic nitrogens is 2. The highest BCUT2D eigenvalue weighted by atomic mass is 16.2. The number of nitrogens with one attached hydrogen (secondary N) is 1. The Kier molecular flexibility index (Phi) is 4.10. The van der Waals surface area contributed by atoms with E-state index in [-0.39, 0.29) is 6.03 Å². The summed E-state index contributed by atoms with van der Waals surface area (Å²) >= 11 is 0. The molecular weight excluding hydrogens is 288 g/mol. The lowest BCUT2D eigenvalue weighted by atomic mass is 10.1. The molecule has 0 bridgehead atoms. The van der Waals surface area contributed by atoms with Crippen LogP contribution in [0.4, 0.5) is 16.3 Å². The molecule has 0 saturated heterocycles. The fourth-order valence-electron chi connectivity index (χ4n) is 2.32. The van der Waals surface area contributed by atoms with Crippen molar-refractivity contribution in [2.24, 2.45) is 0 Å². The zero-order valence-electron chi connectivity index (χ0n) is 13.1. The summed E-state index contributed by atoms with van der Waals surface area (Å²) < 4.78 is 1.34. The molecule has 116 valence electrons. The van der Waals surface area contributed by atoms with Gasteiger partial charge >= 0.3 is 6.03 Å². The van der Waals surface area contributed by atoms with Gasteiger partial charge in [-0.3, -0.25) is 0 Å². The van der Waals surface area contributed by atoms with E-state index in [1.54, 1.807) is 6.20 Å². The molecule has 0 aliphatic carbocycles. The molecule has 1 heterocycles. The molecule has 0 aliphatic rings. The van der Waals surface area contributed by atoms with Crippen molar-refractivity contribution in [1.82, 2.24) is 9.78 Å². The van der Waals surface area contributed by atoms with E-state index >= 15 is 0 Å². The van der Waals surface area contributed by atoms with Crippen molar-refractivity contribution in [2.45, 2.75) is 0 Å². The molecule has 3 rings (SSSR count). The third kappa shape index (κ3) is 3.23. The Balaban J connectivity index is 1.93. The van der Waals surface area contributed by atoms with Crippen molar-refractivity contribution < 1.29 is 4.79 Å². The Hall–Kier alpha value is -3.08. The quantitative estimate of drug-likeness (QED) is 0.803. The molecular formula is C18H18N4O. The van der Waals surface area contributed by atoms with Gasteiger partial charge in [0.15, 0.2) is 5.82 Å². The molecule has 0 atom stereocenters. The molecule has 5 nitrogen and oxygen atoms in total. The van der Waals surface area contributed by atoms with Crippen molar-refractivity contribution in [1.29, 1.82) is 0 Å². The summed E-state index contributed by atoms with van der Waals surface area (Å²) in [6.07, 6.45) is 1.75. The molecule has 0 spiro atoms.